The van der Waals surface area contributed by atoms with E-state index in [9.17, 15) is 13.6 Å². The molecule has 0 aliphatic rings. The van der Waals surface area contributed by atoms with Crippen LogP contribution in [0, 0.1) is 0 Å². The first kappa shape index (κ1) is 18.4. The smallest absolute Gasteiger partial charge is 0.387 e. The fourth-order valence-electron chi connectivity index (χ4n) is 1.69. The van der Waals surface area contributed by atoms with Crippen molar-refractivity contribution < 1.29 is 18.3 Å². The standard InChI is InChI=1S/C15H14ClF2N3O2S/c1-8(2)24-15-19-7-11(16)12(21-15)13(22)20-9-3-5-10(6-4-9)23-14(17)18/h3-8,14H,1-2H3,(H,20,22). The highest BCUT2D eigenvalue weighted by Gasteiger charge is 2.15. The number of benzene rings is 1. The quantitative estimate of drug-likeness (QED) is 0.597. The average Bonchev–Trinajstić information content (AvgIpc) is 2.50. The van der Waals surface area contributed by atoms with Gasteiger partial charge >= 0.3 is 6.61 Å². The van der Waals surface area contributed by atoms with E-state index in [1.165, 1.54) is 42.2 Å². The second kappa shape index (κ2) is 8.25. The van der Waals surface area contributed by atoms with Gasteiger partial charge in [-0.25, -0.2) is 9.97 Å². The second-order valence-electron chi connectivity index (χ2n) is 4.87. The number of ether oxygens (including phenoxy) is 1. The average molecular weight is 374 g/mol. The molecule has 0 saturated heterocycles. The number of hydrogen-bond acceptors (Lipinski definition) is 5. The summed E-state index contributed by atoms with van der Waals surface area (Å²) in [6.07, 6.45) is 1.37. The lowest BCUT2D eigenvalue weighted by Gasteiger charge is -2.09. The number of thioether (sulfide) groups is 1. The molecule has 24 heavy (non-hydrogen) atoms. The third kappa shape index (κ3) is 5.31. The van der Waals surface area contributed by atoms with Crippen LogP contribution in [0.2, 0.25) is 5.02 Å². The van der Waals surface area contributed by atoms with Crippen molar-refractivity contribution in [3.05, 3.63) is 41.2 Å². The number of nitrogens with zero attached hydrogens (tertiary/aromatic N) is 2. The Labute approximate surface area is 146 Å². The van der Waals surface area contributed by atoms with E-state index in [0.717, 1.165) is 0 Å². The van der Waals surface area contributed by atoms with Crippen molar-refractivity contribution in [2.75, 3.05) is 5.32 Å². The Morgan fingerprint density at radius 3 is 2.54 bits per heavy atom. The van der Waals surface area contributed by atoms with Gasteiger partial charge in [-0.1, -0.05) is 37.2 Å². The fraction of sp³-hybridized carbons (Fsp3) is 0.267. The van der Waals surface area contributed by atoms with E-state index in [4.69, 9.17) is 11.6 Å². The molecule has 5 nitrogen and oxygen atoms in total. The largest absolute Gasteiger partial charge is 0.435 e. The van der Waals surface area contributed by atoms with Crippen LogP contribution in [0.4, 0.5) is 14.5 Å². The third-order valence-corrected chi connectivity index (χ3v) is 3.77. The van der Waals surface area contributed by atoms with E-state index >= 15 is 0 Å². The minimum absolute atomic E-state index is 0.00122. The highest BCUT2D eigenvalue weighted by molar-refractivity contribution is 7.99. The van der Waals surface area contributed by atoms with E-state index in [0.29, 0.717) is 10.8 Å². The molecule has 1 N–H and O–H groups in total. The van der Waals surface area contributed by atoms with Crippen molar-refractivity contribution >= 4 is 35.0 Å². The lowest BCUT2D eigenvalue weighted by atomic mass is 10.3. The van der Waals surface area contributed by atoms with Crippen LogP contribution in [0.3, 0.4) is 0 Å². The number of carbonyl (C=O) groups excluding carboxylic acids is 1. The van der Waals surface area contributed by atoms with Crippen molar-refractivity contribution in [2.45, 2.75) is 30.9 Å². The molecule has 1 aromatic heterocycles. The number of amides is 1. The van der Waals surface area contributed by atoms with Gasteiger partial charge in [0.2, 0.25) is 0 Å². The molecule has 0 spiro atoms. The summed E-state index contributed by atoms with van der Waals surface area (Å²) in [7, 11) is 0. The first-order chi connectivity index (χ1) is 11.3. The Bertz CT molecular complexity index is 714. The van der Waals surface area contributed by atoms with Crippen LogP contribution < -0.4 is 10.1 Å². The molecule has 0 aliphatic carbocycles. The zero-order valence-electron chi connectivity index (χ0n) is 12.8. The SMILES string of the molecule is CC(C)Sc1ncc(Cl)c(C(=O)Nc2ccc(OC(F)F)cc2)n1. The van der Waals surface area contributed by atoms with Gasteiger partial charge in [0.15, 0.2) is 10.9 Å². The van der Waals surface area contributed by atoms with Crippen molar-refractivity contribution in [1.29, 1.82) is 0 Å². The summed E-state index contributed by atoms with van der Waals surface area (Å²) >= 11 is 7.38. The van der Waals surface area contributed by atoms with Crippen LogP contribution in [0.15, 0.2) is 35.6 Å². The molecule has 0 unspecified atom stereocenters. The van der Waals surface area contributed by atoms with Crippen LogP contribution in [-0.2, 0) is 0 Å². The Balaban J connectivity index is 2.11. The molecule has 9 heteroatoms. The van der Waals surface area contributed by atoms with Gasteiger partial charge in [0.1, 0.15) is 5.75 Å². The minimum atomic E-state index is -2.90. The molecule has 0 atom stereocenters. The van der Waals surface area contributed by atoms with Crippen LogP contribution in [0.25, 0.3) is 0 Å². The van der Waals surface area contributed by atoms with E-state index in [-0.39, 0.29) is 21.7 Å². The fourth-order valence-corrected chi connectivity index (χ4v) is 2.54. The Hall–Kier alpha value is -1.93. The normalized spacial score (nSPS) is 11.0. The Morgan fingerprint density at radius 2 is 1.96 bits per heavy atom. The molecule has 1 aromatic carbocycles. The van der Waals surface area contributed by atoms with Gasteiger partial charge in [0.25, 0.3) is 5.91 Å². The predicted octanol–water partition coefficient (Wildman–Crippen LogP) is 4.48. The summed E-state index contributed by atoms with van der Waals surface area (Å²) in [5, 5.41) is 3.42. The van der Waals surface area contributed by atoms with Crippen molar-refractivity contribution in [2.24, 2.45) is 0 Å². The first-order valence-electron chi connectivity index (χ1n) is 6.90. The highest BCUT2D eigenvalue weighted by Crippen LogP contribution is 2.23. The number of aromatic nitrogens is 2. The predicted molar refractivity (Wildman–Crippen MR) is 89.1 cm³/mol. The minimum Gasteiger partial charge on any atom is -0.435 e. The molecule has 1 heterocycles. The molecule has 2 rings (SSSR count). The topological polar surface area (TPSA) is 64.1 Å². The summed E-state index contributed by atoms with van der Waals surface area (Å²) < 4.78 is 28.4. The van der Waals surface area contributed by atoms with Gasteiger partial charge in [-0.3, -0.25) is 4.79 Å². The Morgan fingerprint density at radius 1 is 1.29 bits per heavy atom. The van der Waals surface area contributed by atoms with Gasteiger partial charge in [-0.05, 0) is 24.3 Å². The number of hydrogen-bond donors (Lipinski definition) is 1. The summed E-state index contributed by atoms with van der Waals surface area (Å²) in [5.74, 6) is -0.519. The van der Waals surface area contributed by atoms with Crippen molar-refractivity contribution in [1.82, 2.24) is 9.97 Å². The lowest BCUT2D eigenvalue weighted by molar-refractivity contribution is -0.0498. The second-order valence-corrected chi connectivity index (χ2v) is 6.82. The number of nitrogens with one attached hydrogen (secondary N) is 1. The van der Waals surface area contributed by atoms with Crippen LogP contribution in [0.5, 0.6) is 5.75 Å². The van der Waals surface area contributed by atoms with Gasteiger partial charge < -0.3 is 10.1 Å². The number of halogens is 3. The molecular formula is C15H14ClF2N3O2S. The highest BCUT2D eigenvalue weighted by atomic mass is 35.5. The lowest BCUT2D eigenvalue weighted by Crippen LogP contribution is -2.15. The molecule has 0 aliphatic heterocycles. The first-order valence-corrected chi connectivity index (χ1v) is 8.16. The molecule has 0 radical (unpaired) electrons. The maximum atomic E-state index is 12.3. The summed E-state index contributed by atoms with van der Waals surface area (Å²) in [5.41, 5.74) is 0.442. The van der Waals surface area contributed by atoms with Gasteiger partial charge in [0, 0.05) is 10.9 Å². The summed E-state index contributed by atoms with van der Waals surface area (Å²) in [6.45, 7) is 1.05. The Kier molecular flexibility index (Phi) is 6.33. The van der Waals surface area contributed by atoms with E-state index in [1.807, 2.05) is 13.8 Å². The molecule has 2 aromatic rings. The third-order valence-electron chi connectivity index (χ3n) is 2.62. The molecular weight excluding hydrogens is 360 g/mol. The van der Waals surface area contributed by atoms with E-state index in [1.54, 1.807) is 0 Å². The van der Waals surface area contributed by atoms with Gasteiger partial charge in [-0.2, -0.15) is 8.78 Å². The van der Waals surface area contributed by atoms with Crippen molar-refractivity contribution in [3.63, 3.8) is 0 Å². The van der Waals surface area contributed by atoms with E-state index < -0.39 is 12.5 Å². The van der Waals surface area contributed by atoms with Crippen LogP contribution in [0.1, 0.15) is 24.3 Å². The summed E-state index contributed by atoms with van der Waals surface area (Å²) in [6, 6.07) is 5.52. The van der Waals surface area contributed by atoms with Gasteiger partial charge in [-0.15, -0.1) is 0 Å². The van der Waals surface area contributed by atoms with Crippen LogP contribution >= 0.6 is 23.4 Å². The number of anilines is 1. The molecule has 1 amide bonds. The molecule has 0 fully saturated rings. The molecule has 128 valence electrons. The number of rotatable bonds is 6. The molecule has 0 saturated carbocycles. The zero-order chi connectivity index (χ0) is 17.7. The number of carbonyl (C=O) groups is 1. The maximum Gasteiger partial charge on any atom is 0.387 e. The monoisotopic (exact) mass is 373 g/mol. The van der Waals surface area contributed by atoms with Crippen LogP contribution in [-0.4, -0.2) is 27.7 Å². The number of alkyl halides is 2. The maximum absolute atomic E-state index is 12.3. The molecule has 0 bridgehead atoms. The van der Waals surface area contributed by atoms with Gasteiger partial charge in [0.05, 0.1) is 11.2 Å². The zero-order valence-corrected chi connectivity index (χ0v) is 14.4. The summed E-state index contributed by atoms with van der Waals surface area (Å²) in [4.78, 5) is 20.5. The van der Waals surface area contributed by atoms with Crippen molar-refractivity contribution in [3.8, 4) is 5.75 Å². The van der Waals surface area contributed by atoms with E-state index in [2.05, 4.69) is 20.0 Å².